The Balaban J connectivity index is 1.76. The predicted octanol–water partition coefficient (Wildman–Crippen LogP) is 5.14. The second-order valence-corrected chi connectivity index (χ2v) is 11.9. The Morgan fingerprint density at radius 2 is 1.73 bits per heavy atom. The number of anilines is 3. The van der Waals surface area contributed by atoms with Gasteiger partial charge in [0.05, 0.1) is 32.1 Å². The first-order valence-electron chi connectivity index (χ1n) is 12.1. The van der Waals surface area contributed by atoms with Crippen LogP contribution in [0.5, 0.6) is 0 Å². The molecule has 2 amide bonds. The number of para-hydroxylation sites is 1. The average Bonchev–Trinajstić information content (AvgIpc) is 2.91. The number of hydrogen-bond acceptors (Lipinski definition) is 7. The van der Waals surface area contributed by atoms with Gasteiger partial charge in [-0.2, -0.15) is 0 Å². The van der Waals surface area contributed by atoms with Gasteiger partial charge in [-0.25, -0.2) is 22.8 Å². The molecular weight excluding hydrogens is 557 g/mol. The van der Waals surface area contributed by atoms with Gasteiger partial charge in [0.1, 0.15) is 5.82 Å². The van der Waals surface area contributed by atoms with E-state index in [0.717, 1.165) is 6.07 Å². The maximum atomic E-state index is 14.4. The third-order valence-electron chi connectivity index (χ3n) is 6.00. The smallest absolute Gasteiger partial charge is 0.259 e. The van der Waals surface area contributed by atoms with Crippen LogP contribution in [-0.2, 0) is 16.3 Å². The molecule has 0 spiro atoms. The number of hydrogen-bond donors (Lipinski definition) is 3. The second kappa shape index (κ2) is 11.8. The van der Waals surface area contributed by atoms with Gasteiger partial charge in [-0.1, -0.05) is 35.9 Å². The minimum atomic E-state index is -3.65. The zero-order chi connectivity index (χ0) is 29.0. The summed E-state index contributed by atoms with van der Waals surface area (Å²) in [5.74, 6) is -1.94. The molecule has 0 fully saturated rings. The van der Waals surface area contributed by atoms with E-state index in [1.807, 2.05) is 0 Å². The number of rotatable bonds is 9. The average molecular weight is 582 g/mol. The van der Waals surface area contributed by atoms with Crippen molar-refractivity contribution >= 4 is 50.6 Å². The van der Waals surface area contributed by atoms with E-state index >= 15 is 0 Å². The van der Waals surface area contributed by atoms with Crippen molar-refractivity contribution in [2.24, 2.45) is 5.73 Å². The molecule has 0 aliphatic heterocycles. The SMILES string of the molecule is CC(C)S(=O)(=O)c1ccccc1Cc1nc(Nc2ccc(C(N)=O)cc2)ncc1C(=O)Nc1c(F)cccc1Cl. The number of halogens is 2. The van der Waals surface area contributed by atoms with Crippen molar-refractivity contribution < 1.29 is 22.4 Å². The van der Waals surface area contributed by atoms with Gasteiger partial charge < -0.3 is 16.4 Å². The molecule has 0 atom stereocenters. The molecule has 1 heterocycles. The molecule has 206 valence electrons. The summed E-state index contributed by atoms with van der Waals surface area (Å²) in [6, 6.07) is 16.7. The first-order valence-corrected chi connectivity index (χ1v) is 14.0. The zero-order valence-corrected chi connectivity index (χ0v) is 23.1. The van der Waals surface area contributed by atoms with Crippen molar-refractivity contribution in [1.82, 2.24) is 9.97 Å². The van der Waals surface area contributed by atoms with Gasteiger partial charge in [0.15, 0.2) is 9.84 Å². The van der Waals surface area contributed by atoms with Crippen LogP contribution in [0.25, 0.3) is 0 Å². The first-order chi connectivity index (χ1) is 19.0. The second-order valence-electron chi connectivity index (χ2n) is 9.05. The third-order valence-corrected chi connectivity index (χ3v) is 8.56. The lowest BCUT2D eigenvalue weighted by molar-refractivity contribution is 0.0997. The summed E-state index contributed by atoms with van der Waals surface area (Å²) in [6.07, 6.45) is 1.21. The summed E-state index contributed by atoms with van der Waals surface area (Å²) in [4.78, 5) is 33.5. The fraction of sp³-hybridized carbons (Fsp3) is 0.143. The number of carbonyl (C=O) groups excluding carboxylic acids is 2. The van der Waals surface area contributed by atoms with Gasteiger partial charge in [0, 0.05) is 23.9 Å². The Morgan fingerprint density at radius 1 is 1.02 bits per heavy atom. The highest BCUT2D eigenvalue weighted by Crippen LogP contribution is 2.28. The molecule has 40 heavy (non-hydrogen) atoms. The van der Waals surface area contributed by atoms with Crippen molar-refractivity contribution in [3.63, 3.8) is 0 Å². The Labute approximate surface area is 235 Å². The fourth-order valence-electron chi connectivity index (χ4n) is 3.81. The lowest BCUT2D eigenvalue weighted by Gasteiger charge is -2.16. The van der Waals surface area contributed by atoms with Crippen LogP contribution < -0.4 is 16.4 Å². The molecule has 0 saturated heterocycles. The van der Waals surface area contributed by atoms with Crippen LogP contribution >= 0.6 is 11.6 Å². The van der Waals surface area contributed by atoms with Crippen LogP contribution in [0.2, 0.25) is 5.02 Å². The number of benzene rings is 3. The highest BCUT2D eigenvalue weighted by molar-refractivity contribution is 7.92. The summed E-state index contributed by atoms with van der Waals surface area (Å²) >= 11 is 6.09. The standard InChI is InChI=1S/C28H25ClFN5O4S/c1-16(2)40(38,39)24-9-4-3-6-18(24)14-23-20(27(37)35-25-21(29)7-5-8-22(25)30)15-32-28(34-23)33-19-12-10-17(11-13-19)26(31)36/h3-13,15-16H,14H2,1-2H3,(H2,31,36)(H,35,37)(H,32,33,34). The van der Waals surface area contributed by atoms with E-state index in [4.69, 9.17) is 17.3 Å². The number of sulfone groups is 1. The lowest BCUT2D eigenvalue weighted by Crippen LogP contribution is -2.19. The van der Waals surface area contributed by atoms with Gasteiger partial charge in [0.25, 0.3) is 5.91 Å². The van der Waals surface area contributed by atoms with Crippen LogP contribution in [0.3, 0.4) is 0 Å². The van der Waals surface area contributed by atoms with E-state index in [2.05, 4.69) is 20.6 Å². The summed E-state index contributed by atoms with van der Waals surface area (Å²) in [7, 11) is -3.65. The Kier molecular flexibility index (Phi) is 8.46. The Hall–Kier alpha value is -4.35. The number of amides is 2. The summed E-state index contributed by atoms with van der Waals surface area (Å²) in [6.45, 7) is 3.17. The molecule has 4 aromatic rings. The van der Waals surface area contributed by atoms with Crippen LogP contribution in [0, 0.1) is 5.82 Å². The molecule has 4 N–H and O–H groups in total. The fourth-order valence-corrected chi connectivity index (χ4v) is 5.30. The molecule has 3 aromatic carbocycles. The van der Waals surface area contributed by atoms with E-state index < -0.39 is 32.7 Å². The van der Waals surface area contributed by atoms with E-state index in [1.165, 1.54) is 36.5 Å². The number of nitrogens with zero attached hydrogens (tertiary/aromatic N) is 2. The quantitative estimate of drug-likeness (QED) is 0.248. The van der Waals surface area contributed by atoms with Crippen LogP contribution in [0.4, 0.5) is 21.7 Å². The molecule has 0 bridgehead atoms. The molecule has 4 rings (SSSR count). The highest BCUT2D eigenvalue weighted by atomic mass is 35.5. The largest absolute Gasteiger partial charge is 0.366 e. The van der Waals surface area contributed by atoms with Crippen molar-refractivity contribution in [2.75, 3.05) is 10.6 Å². The number of nitrogens with two attached hydrogens (primary N) is 1. The van der Waals surface area contributed by atoms with Gasteiger partial charge in [-0.05, 0) is 61.9 Å². The van der Waals surface area contributed by atoms with Crippen molar-refractivity contribution in [2.45, 2.75) is 30.4 Å². The predicted molar refractivity (Wildman–Crippen MR) is 151 cm³/mol. The summed E-state index contributed by atoms with van der Waals surface area (Å²) in [5.41, 5.74) is 6.53. The van der Waals surface area contributed by atoms with Crippen LogP contribution in [-0.4, -0.2) is 35.5 Å². The molecule has 0 aliphatic carbocycles. The zero-order valence-electron chi connectivity index (χ0n) is 21.5. The molecule has 1 aromatic heterocycles. The molecule has 0 aliphatic rings. The number of aromatic nitrogens is 2. The van der Waals surface area contributed by atoms with E-state index in [0.29, 0.717) is 16.8 Å². The minimum absolute atomic E-state index is 0.00175. The summed E-state index contributed by atoms with van der Waals surface area (Å²) < 4.78 is 40.5. The van der Waals surface area contributed by atoms with E-state index in [-0.39, 0.29) is 39.2 Å². The van der Waals surface area contributed by atoms with Crippen molar-refractivity contribution in [3.8, 4) is 0 Å². The lowest BCUT2D eigenvalue weighted by atomic mass is 10.1. The van der Waals surface area contributed by atoms with E-state index in [9.17, 15) is 22.4 Å². The topological polar surface area (TPSA) is 144 Å². The molecule has 9 nitrogen and oxygen atoms in total. The maximum Gasteiger partial charge on any atom is 0.259 e. The normalized spacial score (nSPS) is 11.3. The monoisotopic (exact) mass is 581 g/mol. The molecule has 0 saturated carbocycles. The van der Waals surface area contributed by atoms with Gasteiger partial charge in [-0.3, -0.25) is 9.59 Å². The third kappa shape index (κ3) is 6.27. The molecular formula is C28H25ClFN5O4S. The first kappa shape index (κ1) is 28.7. The van der Waals surface area contributed by atoms with Crippen LogP contribution in [0.15, 0.2) is 77.8 Å². The number of nitrogens with one attached hydrogen (secondary N) is 2. The Morgan fingerprint density at radius 3 is 2.38 bits per heavy atom. The highest BCUT2D eigenvalue weighted by Gasteiger charge is 2.25. The van der Waals surface area contributed by atoms with Gasteiger partial charge in [0.2, 0.25) is 11.9 Å². The maximum absolute atomic E-state index is 14.4. The van der Waals surface area contributed by atoms with E-state index in [1.54, 1.807) is 44.2 Å². The van der Waals surface area contributed by atoms with Crippen molar-refractivity contribution in [1.29, 1.82) is 0 Å². The van der Waals surface area contributed by atoms with Crippen LogP contribution in [0.1, 0.15) is 45.8 Å². The van der Waals surface area contributed by atoms with Crippen molar-refractivity contribution in [3.05, 3.63) is 106 Å². The molecule has 12 heteroatoms. The molecule has 0 radical (unpaired) electrons. The van der Waals surface area contributed by atoms with Gasteiger partial charge >= 0.3 is 0 Å². The number of primary amides is 1. The number of carbonyl (C=O) groups is 2. The minimum Gasteiger partial charge on any atom is -0.366 e. The summed E-state index contributed by atoms with van der Waals surface area (Å²) in [5, 5.41) is 4.78. The Bertz CT molecular complexity index is 1680. The molecule has 0 unspecified atom stereocenters. The van der Waals surface area contributed by atoms with Gasteiger partial charge in [-0.15, -0.1) is 0 Å².